The lowest BCUT2D eigenvalue weighted by molar-refractivity contribution is 0.325. The molecule has 0 atom stereocenters. The van der Waals surface area contributed by atoms with E-state index in [-0.39, 0.29) is 6.73 Å². The Kier molecular flexibility index (Phi) is 3.40. The summed E-state index contributed by atoms with van der Waals surface area (Å²) >= 11 is 0. The van der Waals surface area contributed by atoms with Crippen LogP contribution in [0.3, 0.4) is 0 Å². The Morgan fingerprint density at radius 1 is 1.23 bits per heavy atom. The van der Waals surface area contributed by atoms with Crippen LogP contribution in [-0.2, 0) is 0 Å². The summed E-state index contributed by atoms with van der Waals surface area (Å²) < 4.78 is 10.1. The molecule has 72 valence electrons. The van der Waals surface area contributed by atoms with E-state index >= 15 is 0 Å². The summed E-state index contributed by atoms with van der Waals surface area (Å²) in [5.74, 6) is 1.31. The molecule has 0 aliphatic heterocycles. The maximum Gasteiger partial charge on any atom is 0.162 e. The minimum absolute atomic E-state index is 0.102. The van der Waals surface area contributed by atoms with E-state index < -0.39 is 0 Å². The van der Waals surface area contributed by atoms with Crippen LogP contribution in [0.2, 0.25) is 0 Å². The first-order valence-corrected chi connectivity index (χ1v) is 3.88. The second kappa shape index (κ2) is 4.57. The first-order chi connectivity index (χ1) is 6.31. The van der Waals surface area contributed by atoms with Crippen LogP contribution in [0.1, 0.15) is 0 Å². The standard InChI is InChI=1S/C9H13NO3/c1-12-8-4-3-7(10-6-11)5-9(8)13-2/h3-5,10-11H,6H2,1-2H3. The third kappa shape index (κ3) is 2.26. The van der Waals surface area contributed by atoms with Crippen LogP contribution >= 0.6 is 0 Å². The van der Waals surface area contributed by atoms with Gasteiger partial charge >= 0.3 is 0 Å². The van der Waals surface area contributed by atoms with Crippen molar-refractivity contribution >= 4 is 5.69 Å². The van der Waals surface area contributed by atoms with E-state index in [1.54, 1.807) is 32.4 Å². The Balaban J connectivity index is 2.91. The zero-order valence-corrected chi connectivity index (χ0v) is 7.70. The molecule has 0 saturated carbocycles. The fraction of sp³-hybridized carbons (Fsp3) is 0.333. The first kappa shape index (κ1) is 9.67. The number of nitrogens with one attached hydrogen (secondary N) is 1. The molecule has 4 heteroatoms. The van der Waals surface area contributed by atoms with Crippen molar-refractivity contribution in [2.75, 3.05) is 26.3 Å². The lowest BCUT2D eigenvalue weighted by Crippen LogP contribution is -2.00. The lowest BCUT2D eigenvalue weighted by atomic mass is 10.3. The SMILES string of the molecule is COc1ccc(NCO)cc1OC. The van der Waals surface area contributed by atoms with Crippen molar-refractivity contribution in [3.05, 3.63) is 18.2 Å². The third-order valence-corrected chi connectivity index (χ3v) is 1.67. The summed E-state index contributed by atoms with van der Waals surface area (Å²) in [7, 11) is 3.15. The molecular formula is C9H13NO3. The van der Waals surface area contributed by atoms with Gasteiger partial charge in [0.25, 0.3) is 0 Å². The molecule has 0 amide bonds. The van der Waals surface area contributed by atoms with Gasteiger partial charge in [0, 0.05) is 11.8 Å². The Labute approximate surface area is 77.1 Å². The zero-order valence-electron chi connectivity index (χ0n) is 7.70. The first-order valence-electron chi connectivity index (χ1n) is 3.88. The Morgan fingerprint density at radius 3 is 2.46 bits per heavy atom. The van der Waals surface area contributed by atoms with Crippen molar-refractivity contribution in [3.63, 3.8) is 0 Å². The summed E-state index contributed by atoms with van der Waals surface area (Å²) in [5.41, 5.74) is 0.792. The number of benzene rings is 1. The highest BCUT2D eigenvalue weighted by Crippen LogP contribution is 2.29. The van der Waals surface area contributed by atoms with Crippen LogP contribution in [0, 0.1) is 0 Å². The number of rotatable bonds is 4. The number of hydrogen-bond donors (Lipinski definition) is 2. The molecule has 1 rings (SSSR count). The maximum absolute atomic E-state index is 8.63. The summed E-state index contributed by atoms with van der Waals surface area (Å²) in [6.07, 6.45) is 0. The molecule has 0 heterocycles. The minimum Gasteiger partial charge on any atom is -0.493 e. The molecule has 0 spiro atoms. The van der Waals surface area contributed by atoms with Gasteiger partial charge in [-0.05, 0) is 12.1 Å². The molecule has 1 aromatic carbocycles. The molecule has 4 nitrogen and oxygen atoms in total. The highest BCUT2D eigenvalue weighted by atomic mass is 16.5. The fourth-order valence-corrected chi connectivity index (χ4v) is 1.04. The third-order valence-electron chi connectivity index (χ3n) is 1.67. The smallest absolute Gasteiger partial charge is 0.162 e. The van der Waals surface area contributed by atoms with E-state index in [4.69, 9.17) is 14.6 Å². The van der Waals surface area contributed by atoms with E-state index in [0.717, 1.165) is 5.69 Å². The van der Waals surface area contributed by atoms with Gasteiger partial charge in [-0.2, -0.15) is 0 Å². The molecule has 0 bridgehead atoms. The van der Waals surface area contributed by atoms with Crippen molar-refractivity contribution in [1.82, 2.24) is 0 Å². The van der Waals surface area contributed by atoms with Crippen LogP contribution in [0.4, 0.5) is 5.69 Å². The number of aliphatic hydroxyl groups excluding tert-OH is 1. The number of aliphatic hydroxyl groups is 1. The minimum atomic E-state index is -0.102. The molecule has 0 radical (unpaired) electrons. The molecular weight excluding hydrogens is 170 g/mol. The second-order valence-electron chi connectivity index (χ2n) is 2.40. The highest BCUT2D eigenvalue weighted by Gasteiger charge is 2.02. The molecule has 0 aromatic heterocycles. The maximum atomic E-state index is 8.63. The van der Waals surface area contributed by atoms with Gasteiger partial charge in [0.15, 0.2) is 11.5 Å². The van der Waals surface area contributed by atoms with Gasteiger partial charge in [-0.3, -0.25) is 0 Å². The van der Waals surface area contributed by atoms with E-state index in [2.05, 4.69) is 5.32 Å². The van der Waals surface area contributed by atoms with Crippen LogP contribution in [-0.4, -0.2) is 26.1 Å². The van der Waals surface area contributed by atoms with E-state index in [0.29, 0.717) is 11.5 Å². The topological polar surface area (TPSA) is 50.7 Å². The fourth-order valence-electron chi connectivity index (χ4n) is 1.04. The summed E-state index contributed by atoms with van der Waals surface area (Å²) in [6, 6.07) is 5.34. The molecule has 0 aliphatic rings. The van der Waals surface area contributed by atoms with Gasteiger partial charge < -0.3 is 19.9 Å². The van der Waals surface area contributed by atoms with Crippen LogP contribution in [0.15, 0.2) is 18.2 Å². The molecule has 13 heavy (non-hydrogen) atoms. The van der Waals surface area contributed by atoms with Gasteiger partial charge in [0.1, 0.15) is 6.73 Å². The van der Waals surface area contributed by atoms with Crippen LogP contribution < -0.4 is 14.8 Å². The monoisotopic (exact) mass is 183 g/mol. The Bertz CT molecular complexity index is 276. The van der Waals surface area contributed by atoms with E-state index in [1.165, 1.54) is 0 Å². The molecule has 0 saturated heterocycles. The highest BCUT2D eigenvalue weighted by molar-refractivity contribution is 5.54. The summed E-state index contributed by atoms with van der Waals surface area (Å²) in [5, 5.41) is 11.4. The van der Waals surface area contributed by atoms with Gasteiger partial charge in [-0.25, -0.2) is 0 Å². The average Bonchev–Trinajstić information content (AvgIpc) is 2.18. The largest absolute Gasteiger partial charge is 0.493 e. The van der Waals surface area contributed by atoms with Crippen LogP contribution in [0.25, 0.3) is 0 Å². The predicted octanol–water partition coefficient (Wildman–Crippen LogP) is 1.07. The number of ether oxygens (including phenoxy) is 2. The van der Waals surface area contributed by atoms with Crippen molar-refractivity contribution in [2.24, 2.45) is 0 Å². The second-order valence-corrected chi connectivity index (χ2v) is 2.40. The Morgan fingerprint density at radius 2 is 1.92 bits per heavy atom. The molecule has 0 unspecified atom stereocenters. The quantitative estimate of drug-likeness (QED) is 0.685. The zero-order chi connectivity index (χ0) is 9.68. The molecule has 0 fully saturated rings. The van der Waals surface area contributed by atoms with Crippen molar-refractivity contribution in [3.8, 4) is 11.5 Å². The average molecular weight is 183 g/mol. The Hall–Kier alpha value is -1.42. The van der Waals surface area contributed by atoms with Crippen molar-refractivity contribution < 1.29 is 14.6 Å². The number of methoxy groups -OCH3 is 2. The van der Waals surface area contributed by atoms with Crippen LogP contribution in [0.5, 0.6) is 11.5 Å². The predicted molar refractivity (Wildman–Crippen MR) is 50.3 cm³/mol. The summed E-state index contributed by atoms with van der Waals surface area (Å²) in [4.78, 5) is 0. The van der Waals surface area contributed by atoms with Gasteiger partial charge in [0.2, 0.25) is 0 Å². The number of anilines is 1. The normalized spacial score (nSPS) is 9.46. The van der Waals surface area contributed by atoms with Gasteiger partial charge in [0.05, 0.1) is 14.2 Å². The lowest BCUT2D eigenvalue weighted by Gasteiger charge is -2.09. The number of hydrogen-bond acceptors (Lipinski definition) is 4. The van der Waals surface area contributed by atoms with E-state index in [1.807, 2.05) is 0 Å². The van der Waals surface area contributed by atoms with Crippen molar-refractivity contribution in [2.45, 2.75) is 0 Å². The molecule has 2 N–H and O–H groups in total. The summed E-state index contributed by atoms with van der Waals surface area (Å²) in [6.45, 7) is -0.102. The molecule has 0 aliphatic carbocycles. The van der Waals surface area contributed by atoms with E-state index in [9.17, 15) is 0 Å². The van der Waals surface area contributed by atoms with Gasteiger partial charge in [-0.15, -0.1) is 0 Å². The van der Waals surface area contributed by atoms with Crippen molar-refractivity contribution in [1.29, 1.82) is 0 Å². The van der Waals surface area contributed by atoms with Gasteiger partial charge in [-0.1, -0.05) is 0 Å². The molecule has 1 aromatic rings.